The Kier molecular flexibility index (Phi) is 4.82. The lowest BCUT2D eigenvalue weighted by Crippen LogP contribution is -2.10. The Hall–Kier alpha value is -4.82. The van der Waals surface area contributed by atoms with Crippen molar-refractivity contribution in [3.05, 3.63) is 133 Å². The first kappa shape index (κ1) is 23.1. The summed E-state index contributed by atoms with van der Waals surface area (Å²) in [5.74, 6) is 0. The van der Waals surface area contributed by atoms with E-state index in [9.17, 15) is 0 Å². The molecule has 0 saturated carbocycles. The first-order valence-electron chi connectivity index (χ1n) is 14.0. The van der Waals surface area contributed by atoms with Crippen LogP contribution >= 0.6 is 0 Å². The van der Waals surface area contributed by atoms with E-state index in [-0.39, 0.29) is 5.41 Å². The van der Waals surface area contributed by atoms with Crippen molar-refractivity contribution in [1.82, 2.24) is 9.13 Å². The molecule has 8 aromatic rings. The molecule has 0 saturated heterocycles. The summed E-state index contributed by atoms with van der Waals surface area (Å²) in [6.07, 6.45) is 0. The minimum absolute atomic E-state index is 0.0566. The van der Waals surface area contributed by atoms with Crippen LogP contribution in [0.25, 0.3) is 65.8 Å². The van der Waals surface area contributed by atoms with Gasteiger partial charge in [-0.1, -0.05) is 99.6 Å². The van der Waals surface area contributed by atoms with Crippen molar-refractivity contribution in [2.24, 2.45) is 0 Å². The van der Waals surface area contributed by atoms with Gasteiger partial charge >= 0.3 is 0 Å². The molecule has 8 rings (SSSR count). The second kappa shape index (κ2) is 8.34. The first-order valence-corrected chi connectivity index (χ1v) is 14.0. The summed E-state index contributed by atoms with van der Waals surface area (Å²) < 4.78 is 4.89. The molecule has 0 unspecified atom stereocenters. The van der Waals surface area contributed by atoms with Crippen LogP contribution in [0.5, 0.6) is 0 Å². The summed E-state index contributed by atoms with van der Waals surface area (Å²) in [5, 5.41) is 7.79. The zero-order valence-electron chi connectivity index (χ0n) is 23.0. The number of aromatic nitrogens is 2. The zero-order valence-corrected chi connectivity index (χ0v) is 23.0. The van der Waals surface area contributed by atoms with Crippen molar-refractivity contribution in [2.45, 2.75) is 26.2 Å². The molecule has 0 N–H and O–H groups in total. The van der Waals surface area contributed by atoms with Crippen LogP contribution in [0, 0.1) is 0 Å². The average Bonchev–Trinajstić information content (AvgIpc) is 3.50. The Bertz CT molecular complexity index is 2220. The topological polar surface area (TPSA) is 9.86 Å². The van der Waals surface area contributed by atoms with Crippen LogP contribution < -0.4 is 0 Å². The van der Waals surface area contributed by atoms with E-state index in [4.69, 9.17) is 0 Å². The van der Waals surface area contributed by atoms with Crippen molar-refractivity contribution in [2.75, 3.05) is 0 Å². The van der Waals surface area contributed by atoms with Crippen LogP contribution in [0.3, 0.4) is 0 Å². The number of hydrogen-bond donors (Lipinski definition) is 0. The van der Waals surface area contributed by atoms with Gasteiger partial charge in [0.1, 0.15) is 0 Å². The summed E-state index contributed by atoms with van der Waals surface area (Å²) in [6.45, 7) is 6.88. The second-order valence-electron chi connectivity index (χ2n) is 11.9. The Morgan fingerprint density at radius 2 is 0.950 bits per heavy atom. The van der Waals surface area contributed by atoms with Crippen LogP contribution in [0.1, 0.15) is 26.3 Å². The third-order valence-corrected chi connectivity index (χ3v) is 8.44. The Labute approximate surface area is 233 Å². The van der Waals surface area contributed by atoms with E-state index in [1.807, 2.05) is 0 Å². The molecule has 0 bridgehead atoms. The number of benzene rings is 6. The van der Waals surface area contributed by atoms with E-state index < -0.39 is 0 Å². The third-order valence-electron chi connectivity index (χ3n) is 8.44. The maximum absolute atomic E-state index is 2.45. The van der Waals surface area contributed by atoms with Gasteiger partial charge in [0.15, 0.2) is 0 Å². The molecule has 0 fully saturated rings. The van der Waals surface area contributed by atoms with Crippen molar-refractivity contribution in [1.29, 1.82) is 0 Å². The Morgan fingerprint density at radius 1 is 0.425 bits per heavy atom. The molecule has 2 nitrogen and oxygen atoms in total. The quantitative estimate of drug-likeness (QED) is 0.217. The van der Waals surface area contributed by atoms with Crippen LogP contribution in [-0.4, -0.2) is 9.13 Å². The molecule has 40 heavy (non-hydrogen) atoms. The molecule has 0 atom stereocenters. The standard InChI is InChI=1S/C38H30N2/c1-38(2,3)26-19-20-30-34(24-26)40(28-15-8-5-9-16-28)32-22-23-33-37(36(30)32)35-29-17-11-10-12-25(29)18-21-31(35)39(33)27-13-6-4-7-14-27/h4-24H,1-3H3. The Morgan fingerprint density at radius 3 is 1.60 bits per heavy atom. The van der Waals surface area contributed by atoms with E-state index in [2.05, 4.69) is 157 Å². The van der Waals surface area contributed by atoms with Crippen LogP contribution in [-0.2, 0) is 5.41 Å². The van der Waals surface area contributed by atoms with E-state index in [0.717, 1.165) is 0 Å². The number of nitrogens with zero attached hydrogens (tertiary/aromatic N) is 2. The monoisotopic (exact) mass is 514 g/mol. The lowest BCUT2D eigenvalue weighted by Gasteiger charge is -2.19. The maximum Gasteiger partial charge on any atom is 0.0549 e. The summed E-state index contributed by atoms with van der Waals surface area (Å²) in [4.78, 5) is 0. The fraction of sp³-hybridized carbons (Fsp3) is 0.105. The zero-order chi connectivity index (χ0) is 27.0. The van der Waals surface area contributed by atoms with Crippen molar-refractivity contribution < 1.29 is 0 Å². The molecule has 0 amide bonds. The van der Waals surface area contributed by atoms with Gasteiger partial charge < -0.3 is 9.13 Å². The van der Waals surface area contributed by atoms with Gasteiger partial charge in [0.05, 0.1) is 22.1 Å². The minimum atomic E-state index is 0.0566. The van der Waals surface area contributed by atoms with Crippen molar-refractivity contribution >= 4 is 54.4 Å². The van der Waals surface area contributed by atoms with E-state index in [1.165, 1.54) is 71.3 Å². The van der Waals surface area contributed by atoms with Gasteiger partial charge in [-0.15, -0.1) is 0 Å². The van der Waals surface area contributed by atoms with Crippen molar-refractivity contribution in [3.63, 3.8) is 0 Å². The lowest BCUT2D eigenvalue weighted by molar-refractivity contribution is 0.591. The molecule has 6 aromatic carbocycles. The van der Waals surface area contributed by atoms with Gasteiger partial charge in [-0.2, -0.15) is 0 Å². The SMILES string of the molecule is CC(C)(C)c1ccc2c3c4c5c6ccccc6ccc5n(-c5ccccc5)c4ccc3n(-c3ccccc3)c2c1. The summed E-state index contributed by atoms with van der Waals surface area (Å²) in [7, 11) is 0. The van der Waals surface area contributed by atoms with Crippen LogP contribution in [0.15, 0.2) is 127 Å². The highest BCUT2D eigenvalue weighted by Gasteiger charge is 2.23. The fourth-order valence-electron chi connectivity index (χ4n) is 6.55. The largest absolute Gasteiger partial charge is 0.309 e. The highest BCUT2D eigenvalue weighted by Crippen LogP contribution is 2.45. The lowest BCUT2D eigenvalue weighted by atomic mass is 9.86. The first-order chi connectivity index (χ1) is 19.5. The molecule has 0 aliphatic rings. The number of rotatable bonds is 2. The van der Waals surface area contributed by atoms with Gasteiger partial charge in [0.25, 0.3) is 0 Å². The number of para-hydroxylation sites is 2. The van der Waals surface area contributed by atoms with Gasteiger partial charge in [0.2, 0.25) is 0 Å². The highest BCUT2D eigenvalue weighted by atomic mass is 15.0. The van der Waals surface area contributed by atoms with Crippen LogP contribution in [0.4, 0.5) is 0 Å². The summed E-state index contributed by atoms with van der Waals surface area (Å²) in [5.41, 5.74) is 8.72. The smallest absolute Gasteiger partial charge is 0.0549 e. The second-order valence-corrected chi connectivity index (χ2v) is 11.9. The molecule has 2 heterocycles. The normalized spacial score (nSPS) is 12.4. The predicted molar refractivity (Wildman–Crippen MR) is 171 cm³/mol. The molecule has 0 radical (unpaired) electrons. The third kappa shape index (κ3) is 3.23. The molecular weight excluding hydrogens is 484 g/mol. The predicted octanol–water partition coefficient (Wildman–Crippen LogP) is 10.3. The van der Waals surface area contributed by atoms with Gasteiger partial charge in [-0.25, -0.2) is 0 Å². The highest BCUT2D eigenvalue weighted by molar-refractivity contribution is 6.33. The molecule has 0 aliphatic carbocycles. The van der Waals surface area contributed by atoms with Gasteiger partial charge in [-0.05, 0) is 70.3 Å². The summed E-state index contributed by atoms with van der Waals surface area (Å²) in [6, 6.07) is 46.6. The summed E-state index contributed by atoms with van der Waals surface area (Å²) >= 11 is 0. The van der Waals surface area contributed by atoms with Gasteiger partial charge in [-0.3, -0.25) is 0 Å². The number of hydrogen-bond acceptors (Lipinski definition) is 0. The van der Waals surface area contributed by atoms with Gasteiger partial charge in [0, 0.05) is 32.9 Å². The average molecular weight is 515 g/mol. The molecule has 2 aromatic heterocycles. The molecular formula is C38H30N2. The molecule has 0 spiro atoms. The van der Waals surface area contributed by atoms with E-state index >= 15 is 0 Å². The minimum Gasteiger partial charge on any atom is -0.309 e. The van der Waals surface area contributed by atoms with Crippen molar-refractivity contribution in [3.8, 4) is 11.4 Å². The fourth-order valence-corrected chi connectivity index (χ4v) is 6.55. The molecule has 192 valence electrons. The van der Waals surface area contributed by atoms with E-state index in [1.54, 1.807) is 0 Å². The molecule has 0 aliphatic heterocycles. The Balaban J connectivity index is 1.65. The molecule has 2 heteroatoms. The van der Waals surface area contributed by atoms with E-state index in [0.29, 0.717) is 0 Å². The maximum atomic E-state index is 2.45. The number of fused-ring (bicyclic) bond motifs is 9. The van der Waals surface area contributed by atoms with Crippen LogP contribution in [0.2, 0.25) is 0 Å².